The van der Waals surface area contributed by atoms with Crippen molar-refractivity contribution in [2.45, 2.75) is 232 Å². The number of esters is 2. The van der Waals surface area contributed by atoms with Gasteiger partial charge in [-0.3, -0.25) is 9.59 Å². The highest BCUT2D eigenvalue weighted by atomic mass is 16.6. The number of carbonyl (C=O) groups is 2. The Morgan fingerprint density at radius 2 is 0.734 bits per heavy atom. The summed E-state index contributed by atoms with van der Waals surface area (Å²) < 4.78 is 17.3. The van der Waals surface area contributed by atoms with Crippen LogP contribution in [-0.2, 0) is 23.8 Å². The van der Waals surface area contributed by atoms with E-state index in [0.717, 1.165) is 96.3 Å². The molecule has 0 fully saturated rings. The third kappa shape index (κ3) is 51.2. The molecule has 1 unspecified atom stereocenters. The maximum absolute atomic E-state index is 12.8. The van der Waals surface area contributed by atoms with Gasteiger partial charge in [-0.05, 0) is 89.9 Å². The number of unbranched alkanes of at least 4 members (excludes halogenated alkanes) is 18. The molecule has 0 spiro atoms. The molecule has 5 heteroatoms. The molecule has 1 atom stereocenters. The molecular formula is C59H98O5. The number of allylic oxidation sites excluding steroid dienone is 18. The smallest absolute Gasteiger partial charge is 0.306 e. The molecule has 0 bridgehead atoms. The Bertz CT molecular complexity index is 1280. The van der Waals surface area contributed by atoms with Crippen molar-refractivity contribution < 1.29 is 23.8 Å². The summed E-state index contributed by atoms with van der Waals surface area (Å²) in [7, 11) is 0. The predicted octanol–water partition coefficient (Wildman–Crippen LogP) is 18.0. The molecule has 0 aliphatic rings. The van der Waals surface area contributed by atoms with Crippen molar-refractivity contribution in [2.24, 2.45) is 0 Å². The summed E-state index contributed by atoms with van der Waals surface area (Å²) in [5.74, 6) is -0.530. The molecule has 0 radical (unpaired) electrons. The molecule has 5 nitrogen and oxygen atoms in total. The minimum Gasteiger partial charge on any atom is -0.462 e. The summed E-state index contributed by atoms with van der Waals surface area (Å²) in [5, 5.41) is 0. The van der Waals surface area contributed by atoms with Crippen LogP contribution in [0, 0.1) is 0 Å². The van der Waals surface area contributed by atoms with E-state index < -0.39 is 6.10 Å². The summed E-state index contributed by atoms with van der Waals surface area (Å²) in [4.78, 5) is 25.4. The van der Waals surface area contributed by atoms with Crippen molar-refractivity contribution >= 4 is 11.9 Å². The average Bonchev–Trinajstić information content (AvgIpc) is 3.30. The Morgan fingerprint density at radius 3 is 1.17 bits per heavy atom. The van der Waals surface area contributed by atoms with E-state index in [1.54, 1.807) is 0 Å². The van der Waals surface area contributed by atoms with Crippen molar-refractivity contribution in [1.29, 1.82) is 0 Å². The molecule has 0 aliphatic heterocycles. The van der Waals surface area contributed by atoms with Gasteiger partial charge in [0.25, 0.3) is 0 Å². The Hall–Kier alpha value is -3.44. The van der Waals surface area contributed by atoms with Gasteiger partial charge in [-0.15, -0.1) is 0 Å². The van der Waals surface area contributed by atoms with Gasteiger partial charge in [0, 0.05) is 19.4 Å². The molecule has 0 aliphatic carbocycles. The van der Waals surface area contributed by atoms with Gasteiger partial charge in [0.2, 0.25) is 0 Å². The fourth-order valence-electron chi connectivity index (χ4n) is 6.96. The lowest BCUT2D eigenvalue weighted by Gasteiger charge is -2.18. The highest BCUT2D eigenvalue weighted by Gasteiger charge is 2.17. The van der Waals surface area contributed by atoms with Gasteiger partial charge in [0.05, 0.1) is 6.61 Å². The lowest BCUT2D eigenvalue weighted by Crippen LogP contribution is -2.30. The van der Waals surface area contributed by atoms with Crippen LogP contribution in [0.5, 0.6) is 0 Å². The standard InChI is InChI=1S/C59H98O5/c1-4-7-10-13-16-19-22-25-27-29-30-31-32-35-37-40-43-46-49-52-58(60)63-56-57(64-59(61)53-50-47-44-41-38-34-24-21-18-15-12-9-6-3)55-62-54-51-48-45-42-39-36-33-28-26-23-20-17-14-11-8-5-2/h7,9-10,12,16,18-19,21,25,27,30-31,34-35,37-38,43,46,57H,4-6,8,11,13-15,17,20,22-24,26,28-29,32-33,36,39-42,44-45,47-56H2,1-3H3/b10-7-,12-9-,19-16-,21-18-,27-25-,31-30-,37-35-,38-34-,46-43-. The van der Waals surface area contributed by atoms with E-state index in [0.29, 0.717) is 25.9 Å². The zero-order valence-corrected chi connectivity index (χ0v) is 41.8. The van der Waals surface area contributed by atoms with Crippen LogP contribution < -0.4 is 0 Å². The lowest BCUT2D eigenvalue weighted by molar-refractivity contribution is -0.162. The normalized spacial score (nSPS) is 13.1. The van der Waals surface area contributed by atoms with Crippen molar-refractivity contribution in [3.8, 4) is 0 Å². The van der Waals surface area contributed by atoms with E-state index in [2.05, 4.69) is 124 Å². The summed E-state index contributed by atoms with van der Waals surface area (Å²) in [6.45, 7) is 7.49. The van der Waals surface area contributed by atoms with Gasteiger partial charge >= 0.3 is 11.9 Å². The second-order valence-corrected chi connectivity index (χ2v) is 17.0. The predicted molar refractivity (Wildman–Crippen MR) is 279 cm³/mol. The highest BCUT2D eigenvalue weighted by Crippen LogP contribution is 2.14. The van der Waals surface area contributed by atoms with Crippen LogP contribution in [0.1, 0.15) is 226 Å². The molecule has 0 aromatic carbocycles. The lowest BCUT2D eigenvalue weighted by atomic mass is 10.0. The fourth-order valence-corrected chi connectivity index (χ4v) is 6.96. The van der Waals surface area contributed by atoms with Crippen LogP contribution in [0.2, 0.25) is 0 Å². The second kappa shape index (κ2) is 53.9. The van der Waals surface area contributed by atoms with E-state index in [1.165, 1.54) is 89.9 Å². The Balaban J connectivity index is 4.41. The van der Waals surface area contributed by atoms with Crippen molar-refractivity contribution in [1.82, 2.24) is 0 Å². The van der Waals surface area contributed by atoms with Crippen molar-refractivity contribution in [2.75, 3.05) is 19.8 Å². The quantitative estimate of drug-likeness (QED) is 0.0346. The zero-order valence-electron chi connectivity index (χ0n) is 41.8. The number of hydrogen-bond acceptors (Lipinski definition) is 5. The van der Waals surface area contributed by atoms with E-state index >= 15 is 0 Å². The van der Waals surface area contributed by atoms with E-state index in [-0.39, 0.29) is 25.2 Å². The van der Waals surface area contributed by atoms with E-state index in [9.17, 15) is 9.59 Å². The van der Waals surface area contributed by atoms with Gasteiger partial charge in [0.15, 0.2) is 6.10 Å². The molecule has 0 saturated carbocycles. The summed E-state index contributed by atoms with van der Waals surface area (Å²) in [6, 6.07) is 0. The van der Waals surface area contributed by atoms with Crippen LogP contribution in [0.4, 0.5) is 0 Å². The maximum atomic E-state index is 12.8. The number of ether oxygens (including phenoxy) is 3. The van der Waals surface area contributed by atoms with Gasteiger partial charge in [-0.1, -0.05) is 233 Å². The molecule has 364 valence electrons. The molecule has 0 rings (SSSR count). The largest absolute Gasteiger partial charge is 0.462 e. The molecule has 0 N–H and O–H groups in total. The first-order valence-electron chi connectivity index (χ1n) is 26.4. The second-order valence-electron chi connectivity index (χ2n) is 17.0. The molecule has 0 aromatic heterocycles. The van der Waals surface area contributed by atoms with Crippen LogP contribution in [-0.4, -0.2) is 37.9 Å². The minimum absolute atomic E-state index is 0.0292. The van der Waals surface area contributed by atoms with Crippen LogP contribution in [0.15, 0.2) is 109 Å². The first kappa shape index (κ1) is 60.6. The zero-order chi connectivity index (χ0) is 46.3. The summed E-state index contributed by atoms with van der Waals surface area (Å²) in [5.41, 5.74) is 0. The molecular weight excluding hydrogens is 789 g/mol. The van der Waals surface area contributed by atoms with Crippen LogP contribution >= 0.6 is 0 Å². The number of rotatable bonds is 47. The van der Waals surface area contributed by atoms with Gasteiger partial charge in [-0.25, -0.2) is 0 Å². The summed E-state index contributed by atoms with van der Waals surface area (Å²) >= 11 is 0. The Labute approximate surface area is 395 Å². The molecule has 64 heavy (non-hydrogen) atoms. The van der Waals surface area contributed by atoms with Crippen LogP contribution in [0.25, 0.3) is 0 Å². The maximum Gasteiger partial charge on any atom is 0.306 e. The van der Waals surface area contributed by atoms with Gasteiger partial charge in [0.1, 0.15) is 6.61 Å². The van der Waals surface area contributed by atoms with E-state index in [4.69, 9.17) is 14.2 Å². The highest BCUT2D eigenvalue weighted by molar-refractivity contribution is 5.70. The van der Waals surface area contributed by atoms with Gasteiger partial charge < -0.3 is 14.2 Å². The van der Waals surface area contributed by atoms with Crippen molar-refractivity contribution in [3.05, 3.63) is 109 Å². The van der Waals surface area contributed by atoms with E-state index in [1.807, 2.05) is 6.08 Å². The minimum atomic E-state index is -0.586. The molecule has 0 amide bonds. The summed E-state index contributed by atoms with van der Waals surface area (Å²) in [6.07, 6.45) is 74.0. The Kier molecular flexibility index (Phi) is 51.0. The first-order valence-corrected chi connectivity index (χ1v) is 26.4. The molecule has 0 heterocycles. The Morgan fingerprint density at radius 1 is 0.359 bits per heavy atom. The average molecular weight is 887 g/mol. The first-order chi connectivity index (χ1) is 31.6. The molecule has 0 saturated heterocycles. The number of carbonyl (C=O) groups excluding carboxylic acids is 2. The van der Waals surface area contributed by atoms with Crippen LogP contribution in [0.3, 0.4) is 0 Å². The monoisotopic (exact) mass is 887 g/mol. The fraction of sp³-hybridized carbons (Fsp3) is 0.661. The third-order valence-corrected chi connectivity index (χ3v) is 10.8. The SMILES string of the molecule is CC/C=C\C/C=C\C/C=C\C/C=C\C/C=C\C/C=C\CCC(=O)OCC(COCCCCCCCCCCCCCCCCCC)OC(=O)CCCCC/C=C\C/C=C\C/C=C\CC. The van der Waals surface area contributed by atoms with Crippen molar-refractivity contribution in [3.63, 3.8) is 0 Å². The molecule has 0 aromatic rings. The topological polar surface area (TPSA) is 61.8 Å². The third-order valence-electron chi connectivity index (χ3n) is 10.8. The number of hydrogen-bond donors (Lipinski definition) is 0. The van der Waals surface area contributed by atoms with Gasteiger partial charge in [-0.2, -0.15) is 0 Å².